The summed E-state index contributed by atoms with van der Waals surface area (Å²) >= 11 is 0. The Bertz CT molecular complexity index is 105. The summed E-state index contributed by atoms with van der Waals surface area (Å²) in [6.45, 7) is 8.57. The predicted octanol–water partition coefficient (Wildman–Crippen LogP) is 0.735. The lowest BCUT2D eigenvalue weighted by molar-refractivity contribution is 0.235. The molecule has 0 aromatic rings. The van der Waals surface area contributed by atoms with Gasteiger partial charge in [-0.2, -0.15) is 0 Å². The number of aliphatic hydroxyl groups is 1. The van der Waals surface area contributed by atoms with Gasteiger partial charge in [-0.05, 0) is 19.4 Å². The third kappa shape index (κ3) is 6.02. The molecular weight excluding hydrogens is 164 g/mol. The van der Waals surface area contributed by atoms with Crippen LogP contribution in [0.3, 0.4) is 0 Å². The predicted molar refractivity (Wildman–Crippen MR) is 56.9 cm³/mol. The summed E-state index contributed by atoms with van der Waals surface area (Å²) in [7, 11) is 0. The lowest BCUT2D eigenvalue weighted by atomic mass is 10.2. The number of likely N-dealkylation sites (N-methyl/N-ethyl adjacent to an activating group) is 1. The lowest BCUT2D eigenvalue weighted by Crippen LogP contribution is -2.43. The third-order valence-electron chi connectivity index (χ3n) is 2.35. The molecule has 3 N–H and O–H groups in total. The van der Waals surface area contributed by atoms with E-state index in [-0.39, 0.29) is 12.6 Å². The Labute approximate surface area is 81.9 Å². The highest BCUT2D eigenvalue weighted by Crippen LogP contribution is 1.92. The van der Waals surface area contributed by atoms with Gasteiger partial charge in [-0.15, -0.1) is 0 Å². The zero-order chi connectivity index (χ0) is 10.1. The van der Waals surface area contributed by atoms with Crippen molar-refractivity contribution in [3.05, 3.63) is 0 Å². The summed E-state index contributed by atoms with van der Waals surface area (Å²) in [5, 5.41) is 15.7. The fourth-order valence-corrected chi connectivity index (χ4v) is 1.30. The standard InChI is InChI=1S/C10H24N2O/c1-4-9(11-6-3)7-12-10(5-2)8-13/h9-13H,4-8H2,1-3H3. The van der Waals surface area contributed by atoms with Crippen molar-refractivity contribution >= 4 is 0 Å². The number of hydrogen-bond acceptors (Lipinski definition) is 3. The normalized spacial score (nSPS) is 15.7. The van der Waals surface area contributed by atoms with Gasteiger partial charge in [0.25, 0.3) is 0 Å². The van der Waals surface area contributed by atoms with Crippen LogP contribution in [0.4, 0.5) is 0 Å². The molecule has 3 heteroatoms. The van der Waals surface area contributed by atoms with Crippen molar-refractivity contribution in [3.63, 3.8) is 0 Å². The Hall–Kier alpha value is -0.120. The highest BCUT2D eigenvalue weighted by atomic mass is 16.3. The summed E-state index contributed by atoms with van der Waals surface area (Å²) in [4.78, 5) is 0. The molecule has 80 valence electrons. The second-order valence-electron chi connectivity index (χ2n) is 3.36. The van der Waals surface area contributed by atoms with E-state index in [0.29, 0.717) is 6.04 Å². The molecule has 2 unspecified atom stereocenters. The van der Waals surface area contributed by atoms with Crippen molar-refractivity contribution in [2.45, 2.75) is 45.7 Å². The first-order chi connectivity index (χ1) is 6.28. The molecule has 13 heavy (non-hydrogen) atoms. The van der Waals surface area contributed by atoms with Gasteiger partial charge in [-0.3, -0.25) is 0 Å². The molecule has 0 aliphatic carbocycles. The third-order valence-corrected chi connectivity index (χ3v) is 2.35. The quantitative estimate of drug-likeness (QED) is 0.526. The first-order valence-corrected chi connectivity index (χ1v) is 5.35. The Kier molecular flexibility index (Phi) is 8.40. The average Bonchev–Trinajstić information content (AvgIpc) is 2.17. The van der Waals surface area contributed by atoms with Crippen LogP contribution in [-0.2, 0) is 0 Å². The van der Waals surface area contributed by atoms with E-state index in [2.05, 4.69) is 31.4 Å². The molecule has 0 rings (SSSR count). The maximum Gasteiger partial charge on any atom is 0.0584 e. The Morgan fingerprint density at radius 1 is 1.00 bits per heavy atom. The smallest absolute Gasteiger partial charge is 0.0584 e. The van der Waals surface area contributed by atoms with Gasteiger partial charge < -0.3 is 15.7 Å². The zero-order valence-corrected chi connectivity index (χ0v) is 9.14. The Balaban J connectivity index is 3.56. The minimum atomic E-state index is 0.235. The van der Waals surface area contributed by atoms with Gasteiger partial charge in [-0.1, -0.05) is 20.8 Å². The molecule has 0 aliphatic heterocycles. The molecule has 0 saturated heterocycles. The number of rotatable bonds is 8. The van der Waals surface area contributed by atoms with E-state index in [4.69, 9.17) is 5.11 Å². The molecule has 0 fully saturated rings. The molecule has 0 bridgehead atoms. The van der Waals surface area contributed by atoms with Crippen molar-refractivity contribution in [3.8, 4) is 0 Å². The summed E-state index contributed by atoms with van der Waals surface area (Å²) in [5.74, 6) is 0. The van der Waals surface area contributed by atoms with Crippen molar-refractivity contribution in [2.24, 2.45) is 0 Å². The molecule has 3 nitrogen and oxygen atoms in total. The highest BCUT2D eigenvalue weighted by Gasteiger charge is 2.07. The van der Waals surface area contributed by atoms with Crippen LogP contribution in [0, 0.1) is 0 Å². The van der Waals surface area contributed by atoms with Crippen LogP contribution in [0.15, 0.2) is 0 Å². The highest BCUT2D eigenvalue weighted by molar-refractivity contribution is 4.71. The van der Waals surface area contributed by atoms with Gasteiger partial charge in [0.05, 0.1) is 6.61 Å². The molecule has 0 amide bonds. The molecule has 2 atom stereocenters. The van der Waals surface area contributed by atoms with Gasteiger partial charge in [0.2, 0.25) is 0 Å². The first-order valence-electron chi connectivity index (χ1n) is 5.35. The largest absolute Gasteiger partial charge is 0.395 e. The maximum atomic E-state index is 8.96. The molecule has 0 radical (unpaired) electrons. The zero-order valence-electron chi connectivity index (χ0n) is 9.14. The first kappa shape index (κ1) is 12.9. The van der Waals surface area contributed by atoms with E-state index >= 15 is 0 Å². The molecule has 0 spiro atoms. The van der Waals surface area contributed by atoms with Gasteiger partial charge in [-0.25, -0.2) is 0 Å². The van der Waals surface area contributed by atoms with Gasteiger partial charge >= 0.3 is 0 Å². The molecule has 0 saturated carbocycles. The summed E-state index contributed by atoms with van der Waals surface area (Å²) in [6, 6.07) is 0.790. The molecule has 0 heterocycles. The molecule has 0 aliphatic rings. The SMILES string of the molecule is CCNC(CC)CNC(CC)CO. The number of aliphatic hydroxyl groups excluding tert-OH is 1. The minimum Gasteiger partial charge on any atom is -0.395 e. The van der Waals surface area contributed by atoms with Crippen molar-refractivity contribution < 1.29 is 5.11 Å². The second-order valence-corrected chi connectivity index (χ2v) is 3.36. The van der Waals surface area contributed by atoms with E-state index in [1.165, 1.54) is 0 Å². The van der Waals surface area contributed by atoms with Gasteiger partial charge in [0.1, 0.15) is 0 Å². The maximum absolute atomic E-state index is 8.96. The van der Waals surface area contributed by atoms with Crippen LogP contribution in [-0.4, -0.2) is 36.9 Å². The van der Waals surface area contributed by atoms with Crippen LogP contribution in [0.25, 0.3) is 0 Å². The summed E-state index contributed by atoms with van der Waals surface area (Å²) in [6.07, 6.45) is 2.11. The monoisotopic (exact) mass is 188 g/mol. The van der Waals surface area contributed by atoms with Crippen molar-refractivity contribution in [1.82, 2.24) is 10.6 Å². The van der Waals surface area contributed by atoms with Crippen LogP contribution >= 0.6 is 0 Å². The molecular formula is C10H24N2O. The van der Waals surface area contributed by atoms with Crippen LogP contribution in [0.2, 0.25) is 0 Å². The molecule has 0 aromatic carbocycles. The number of nitrogens with one attached hydrogen (secondary N) is 2. The number of hydrogen-bond donors (Lipinski definition) is 3. The summed E-state index contributed by atoms with van der Waals surface area (Å²) in [5.41, 5.74) is 0. The van der Waals surface area contributed by atoms with Crippen LogP contribution in [0.5, 0.6) is 0 Å². The van der Waals surface area contributed by atoms with E-state index in [9.17, 15) is 0 Å². The van der Waals surface area contributed by atoms with E-state index in [0.717, 1.165) is 25.9 Å². The minimum absolute atomic E-state index is 0.235. The topological polar surface area (TPSA) is 44.3 Å². The lowest BCUT2D eigenvalue weighted by Gasteiger charge is -2.20. The van der Waals surface area contributed by atoms with Gasteiger partial charge in [0.15, 0.2) is 0 Å². The van der Waals surface area contributed by atoms with Crippen molar-refractivity contribution in [2.75, 3.05) is 19.7 Å². The van der Waals surface area contributed by atoms with Gasteiger partial charge in [0, 0.05) is 18.6 Å². The fourth-order valence-electron chi connectivity index (χ4n) is 1.30. The second kappa shape index (κ2) is 8.48. The summed E-state index contributed by atoms with van der Waals surface area (Å²) < 4.78 is 0. The Morgan fingerprint density at radius 3 is 2.00 bits per heavy atom. The van der Waals surface area contributed by atoms with Crippen molar-refractivity contribution in [1.29, 1.82) is 0 Å². The average molecular weight is 188 g/mol. The molecule has 0 aromatic heterocycles. The van der Waals surface area contributed by atoms with E-state index in [1.807, 2.05) is 0 Å². The van der Waals surface area contributed by atoms with Crippen LogP contribution < -0.4 is 10.6 Å². The Morgan fingerprint density at radius 2 is 1.62 bits per heavy atom. The van der Waals surface area contributed by atoms with E-state index in [1.54, 1.807) is 0 Å². The van der Waals surface area contributed by atoms with E-state index < -0.39 is 0 Å². The fraction of sp³-hybridized carbons (Fsp3) is 1.00. The van der Waals surface area contributed by atoms with Crippen LogP contribution in [0.1, 0.15) is 33.6 Å².